The number of rotatable bonds is 2. The highest BCUT2D eigenvalue weighted by Gasteiger charge is 2.34. The van der Waals surface area contributed by atoms with Crippen LogP contribution >= 0.6 is 0 Å². The third-order valence-electron chi connectivity index (χ3n) is 3.03. The van der Waals surface area contributed by atoms with Gasteiger partial charge in [-0.2, -0.15) is 0 Å². The average molecular weight is 182 g/mol. The van der Waals surface area contributed by atoms with E-state index in [4.69, 9.17) is 4.74 Å². The van der Waals surface area contributed by atoms with Crippen molar-refractivity contribution in [2.24, 2.45) is 5.41 Å². The molecule has 0 spiro atoms. The first-order valence-electron chi connectivity index (χ1n) is 4.86. The van der Waals surface area contributed by atoms with Crippen LogP contribution in [0.4, 0.5) is 0 Å². The Morgan fingerprint density at radius 3 is 2.69 bits per heavy atom. The van der Waals surface area contributed by atoms with E-state index in [0.29, 0.717) is 5.57 Å². The lowest BCUT2D eigenvalue weighted by atomic mass is 9.80. The molecule has 2 nitrogen and oxygen atoms in total. The summed E-state index contributed by atoms with van der Waals surface area (Å²) >= 11 is 0. The summed E-state index contributed by atoms with van der Waals surface area (Å²) in [5, 5.41) is 0. The van der Waals surface area contributed by atoms with Crippen LogP contribution < -0.4 is 0 Å². The Morgan fingerprint density at radius 1 is 1.62 bits per heavy atom. The molecular formula is C11H18O2. The summed E-state index contributed by atoms with van der Waals surface area (Å²) in [6.07, 6.45) is 2.80. The van der Waals surface area contributed by atoms with Gasteiger partial charge in [0.1, 0.15) is 6.10 Å². The van der Waals surface area contributed by atoms with Crippen molar-refractivity contribution in [2.45, 2.75) is 46.1 Å². The van der Waals surface area contributed by atoms with E-state index in [0.717, 1.165) is 19.3 Å². The molecule has 1 heterocycles. The fraction of sp³-hybridized carbons (Fsp3) is 0.727. The zero-order valence-corrected chi connectivity index (χ0v) is 8.72. The molecule has 1 unspecified atom stereocenters. The van der Waals surface area contributed by atoms with Crippen molar-refractivity contribution in [1.82, 2.24) is 0 Å². The summed E-state index contributed by atoms with van der Waals surface area (Å²) in [5.74, 6) is -0.210. The molecule has 0 saturated carbocycles. The van der Waals surface area contributed by atoms with Crippen molar-refractivity contribution in [3.05, 3.63) is 12.2 Å². The van der Waals surface area contributed by atoms with Crippen LogP contribution in [-0.4, -0.2) is 12.1 Å². The largest absolute Gasteiger partial charge is 0.458 e. The number of cyclic esters (lactones) is 1. The second-order valence-corrected chi connectivity index (χ2v) is 4.38. The summed E-state index contributed by atoms with van der Waals surface area (Å²) < 4.78 is 5.32. The first kappa shape index (κ1) is 10.3. The summed E-state index contributed by atoms with van der Waals surface area (Å²) in [6.45, 7) is 10.1. The number of carbonyl (C=O) groups excluding carboxylic acids is 1. The van der Waals surface area contributed by atoms with Gasteiger partial charge >= 0.3 is 5.97 Å². The van der Waals surface area contributed by atoms with E-state index in [9.17, 15) is 4.79 Å². The number of carbonyl (C=O) groups is 1. The number of ether oxygens (including phenoxy) is 1. The Kier molecular flexibility index (Phi) is 2.79. The lowest BCUT2D eigenvalue weighted by molar-refractivity contribution is -0.154. The van der Waals surface area contributed by atoms with Gasteiger partial charge in [0.25, 0.3) is 0 Å². The van der Waals surface area contributed by atoms with E-state index >= 15 is 0 Å². The topological polar surface area (TPSA) is 26.3 Å². The number of esters is 1. The fourth-order valence-electron chi connectivity index (χ4n) is 1.46. The molecule has 0 aromatic heterocycles. The van der Waals surface area contributed by atoms with Gasteiger partial charge in [-0.3, -0.25) is 0 Å². The van der Waals surface area contributed by atoms with E-state index in [1.807, 2.05) is 0 Å². The molecule has 0 aliphatic carbocycles. The molecule has 0 aromatic carbocycles. The van der Waals surface area contributed by atoms with Crippen molar-refractivity contribution in [3.8, 4) is 0 Å². The van der Waals surface area contributed by atoms with Gasteiger partial charge < -0.3 is 4.74 Å². The van der Waals surface area contributed by atoms with Crippen molar-refractivity contribution >= 4 is 5.97 Å². The third-order valence-corrected chi connectivity index (χ3v) is 3.03. The second kappa shape index (κ2) is 3.52. The van der Waals surface area contributed by atoms with Crippen LogP contribution in [0.2, 0.25) is 0 Å². The molecule has 0 radical (unpaired) electrons. The van der Waals surface area contributed by atoms with Crippen LogP contribution in [0, 0.1) is 5.41 Å². The minimum atomic E-state index is -0.210. The molecule has 1 aliphatic rings. The van der Waals surface area contributed by atoms with Gasteiger partial charge in [0.2, 0.25) is 0 Å². The molecule has 0 amide bonds. The van der Waals surface area contributed by atoms with Gasteiger partial charge in [-0.25, -0.2) is 4.79 Å². The van der Waals surface area contributed by atoms with Crippen molar-refractivity contribution in [3.63, 3.8) is 0 Å². The SMILES string of the molecule is C=C1CCC(C(C)(C)CC)OC1=O. The van der Waals surface area contributed by atoms with Crippen LogP contribution in [0.25, 0.3) is 0 Å². The first-order valence-corrected chi connectivity index (χ1v) is 4.86. The maximum absolute atomic E-state index is 11.2. The molecule has 2 heteroatoms. The molecule has 0 bridgehead atoms. The molecule has 1 rings (SSSR count). The van der Waals surface area contributed by atoms with Crippen LogP contribution in [0.1, 0.15) is 40.0 Å². The Labute approximate surface area is 80.0 Å². The maximum atomic E-state index is 11.2. The zero-order valence-electron chi connectivity index (χ0n) is 8.72. The van der Waals surface area contributed by atoms with E-state index < -0.39 is 0 Å². The molecular weight excluding hydrogens is 164 g/mol. The van der Waals surface area contributed by atoms with Crippen LogP contribution in [0.5, 0.6) is 0 Å². The average Bonchev–Trinajstić information content (AvgIpc) is 2.09. The van der Waals surface area contributed by atoms with Gasteiger partial charge in [0, 0.05) is 11.0 Å². The van der Waals surface area contributed by atoms with Crippen LogP contribution in [-0.2, 0) is 9.53 Å². The highest BCUT2D eigenvalue weighted by atomic mass is 16.5. The highest BCUT2D eigenvalue weighted by Crippen LogP contribution is 2.34. The molecule has 1 saturated heterocycles. The lowest BCUT2D eigenvalue weighted by Crippen LogP contribution is -2.37. The van der Waals surface area contributed by atoms with Gasteiger partial charge in [-0.1, -0.05) is 27.4 Å². The molecule has 1 fully saturated rings. The summed E-state index contributed by atoms with van der Waals surface area (Å²) in [4.78, 5) is 11.2. The molecule has 13 heavy (non-hydrogen) atoms. The predicted octanol–water partition coefficient (Wildman–Crippen LogP) is 2.68. The van der Waals surface area contributed by atoms with Gasteiger partial charge in [-0.05, 0) is 19.3 Å². The Balaban J connectivity index is 2.65. The molecule has 1 atom stereocenters. The molecule has 0 aromatic rings. The molecule has 74 valence electrons. The minimum absolute atomic E-state index is 0.0653. The molecule has 0 N–H and O–H groups in total. The second-order valence-electron chi connectivity index (χ2n) is 4.38. The minimum Gasteiger partial charge on any atom is -0.458 e. The third kappa shape index (κ3) is 2.11. The van der Waals surface area contributed by atoms with Crippen LogP contribution in [0.3, 0.4) is 0 Å². The normalized spacial score (nSPS) is 24.4. The maximum Gasteiger partial charge on any atom is 0.333 e. The van der Waals surface area contributed by atoms with Crippen molar-refractivity contribution in [2.75, 3.05) is 0 Å². The summed E-state index contributed by atoms with van der Waals surface area (Å²) in [5.41, 5.74) is 0.708. The van der Waals surface area contributed by atoms with Crippen molar-refractivity contribution in [1.29, 1.82) is 0 Å². The Bertz CT molecular complexity index is 228. The fourth-order valence-corrected chi connectivity index (χ4v) is 1.46. The smallest absolute Gasteiger partial charge is 0.333 e. The summed E-state index contributed by atoms with van der Waals surface area (Å²) in [7, 11) is 0. The Morgan fingerprint density at radius 2 is 2.23 bits per heavy atom. The van der Waals surface area contributed by atoms with Crippen molar-refractivity contribution < 1.29 is 9.53 Å². The lowest BCUT2D eigenvalue weighted by Gasteiger charge is -2.35. The quantitative estimate of drug-likeness (QED) is 0.485. The Hall–Kier alpha value is -0.790. The van der Waals surface area contributed by atoms with Gasteiger partial charge in [0.05, 0.1) is 0 Å². The molecule has 1 aliphatic heterocycles. The monoisotopic (exact) mass is 182 g/mol. The highest BCUT2D eigenvalue weighted by molar-refractivity contribution is 5.88. The van der Waals surface area contributed by atoms with Gasteiger partial charge in [-0.15, -0.1) is 0 Å². The predicted molar refractivity (Wildman–Crippen MR) is 52.3 cm³/mol. The zero-order chi connectivity index (χ0) is 10.1. The van der Waals surface area contributed by atoms with Crippen LogP contribution in [0.15, 0.2) is 12.2 Å². The van der Waals surface area contributed by atoms with Gasteiger partial charge in [0.15, 0.2) is 0 Å². The standard InChI is InChI=1S/C11H18O2/c1-5-11(3,4)9-7-6-8(2)10(12)13-9/h9H,2,5-7H2,1,3-4H3. The number of hydrogen-bond donors (Lipinski definition) is 0. The first-order chi connectivity index (χ1) is 5.97. The number of hydrogen-bond acceptors (Lipinski definition) is 2. The summed E-state index contributed by atoms with van der Waals surface area (Å²) in [6, 6.07) is 0. The van der Waals surface area contributed by atoms with E-state index in [1.165, 1.54) is 0 Å². The van der Waals surface area contributed by atoms with E-state index in [2.05, 4.69) is 27.4 Å². The van der Waals surface area contributed by atoms with E-state index in [-0.39, 0.29) is 17.5 Å². The van der Waals surface area contributed by atoms with E-state index in [1.54, 1.807) is 0 Å².